The van der Waals surface area contributed by atoms with Gasteiger partial charge in [0, 0.05) is 35.7 Å². The Balaban J connectivity index is 0.00000164. The van der Waals surface area contributed by atoms with Crippen molar-refractivity contribution in [1.82, 2.24) is 24.2 Å². The smallest absolute Gasteiger partial charge is 0.242 e. The maximum Gasteiger partial charge on any atom is 0.242 e. The summed E-state index contributed by atoms with van der Waals surface area (Å²) in [6, 6.07) is 19.3. The summed E-state index contributed by atoms with van der Waals surface area (Å²) in [5, 5.41) is 5.09. The van der Waals surface area contributed by atoms with Crippen molar-refractivity contribution in [1.29, 1.82) is 0 Å². The fraction of sp³-hybridized carbons (Fsp3) is 0.267. The topological polar surface area (TPSA) is 68.3 Å². The number of nitrogens with zero attached hydrogens (tertiary/aromatic N) is 6. The molecule has 1 atom stereocenters. The highest BCUT2D eigenvalue weighted by Gasteiger charge is 2.29. The van der Waals surface area contributed by atoms with Crippen LogP contribution in [0.25, 0.3) is 16.8 Å². The first kappa shape index (κ1) is 27.1. The number of hydrogen-bond donors (Lipinski definition) is 0. The van der Waals surface area contributed by atoms with Gasteiger partial charge >= 0.3 is 0 Å². The number of halogens is 1. The largest absolute Gasteiger partial charge is 0.336 e. The van der Waals surface area contributed by atoms with Gasteiger partial charge in [0.1, 0.15) is 12.0 Å². The van der Waals surface area contributed by atoms with Crippen molar-refractivity contribution in [3.8, 4) is 11.1 Å². The monoisotopic (exact) mass is 528 g/mol. The Labute approximate surface area is 228 Å². The van der Waals surface area contributed by atoms with Gasteiger partial charge in [0.15, 0.2) is 0 Å². The summed E-state index contributed by atoms with van der Waals surface area (Å²) in [5.74, 6) is 0.0418. The third-order valence-electron chi connectivity index (χ3n) is 6.33. The molecule has 1 aromatic carbocycles. The van der Waals surface area contributed by atoms with Crippen LogP contribution in [0.4, 0.5) is 0 Å². The zero-order chi connectivity index (χ0) is 26.9. The van der Waals surface area contributed by atoms with Crippen molar-refractivity contribution >= 4 is 23.2 Å². The van der Waals surface area contributed by atoms with Gasteiger partial charge < -0.3 is 9.47 Å². The molecule has 1 aliphatic rings. The predicted molar refractivity (Wildman–Crippen MR) is 152 cm³/mol. The molecule has 0 radical (unpaired) electrons. The van der Waals surface area contributed by atoms with E-state index in [-0.39, 0.29) is 18.5 Å². The van der Waals surface area contributed by atoms with E-state index in [1.807, 2.05) is 72.2 Å². The Morgan fingerprint density at radius 2 is 1.89 bits per heavy atom. The highest BCUT2D eigenvalue weighted by atomic mass is 35.5. The minimum atomic E-state index is 0.0418. The summed E-state index contributed by atoms with van der Waals surface area (Å²) < 4.78 is 3.74. The summed E-state index contributed by atoms with van der Waals surface area (Å²) >= 11 is 6.25. The number of carbonyl (C=O) groups excluding carboxylic acids is 1. The number of pyridine rings is 2. The molecule has 1 aliphatic heterocycles. The zero-order valence-corrected chi connectivity index (χ0v) is 22.6. The lowest BCUT2D eigenvalue weighted by Gasteiger charge is -2.25. The van der Waals surface area contributed by atoms with E-state index in [0.717, 1.165) is 30.5 Å². The minimum Gasteiger partial charge on any atom is -0.336 e. The normalized spacial score (nSPS) is 15.2. The second kappa shape index (κ2) is 13.0. The quantitative estimate of drug-likeness (QED) is 0.309. The molecule has 3 aromatic heterocycles. The van der Waals surface area contributed by atoms with Crippen LogP contribution in [0.5, 0.6) is 0 Å². The van der Waals surface area contributed by atoms with E-state index in [1.54, 1.807) is 29.1 Å². The van der Waals surface area contributed by atoms with Crippen LogP contribution >= 0.6 is 11.6 Å². The van der Waals surface area contributed by atoms with Crippen molar-refractivity contribution in [2.24, 2.45) is 4.99 Å². The lowest BCUT2D eigenvalue weighted by atomic mass is 10.1. The summed E-state index contributed by atoms with van der Waals surface area (Å²) in [4.78, 5) is 24.3. The molecule has 196 valence electrons. The Hall–Kier alpha value is -3.97. The fourth-order valence-electron chi connectivity index (χ4n) is 4.50. The molecule has 0 aliphatic carbocycles. The number of aromatic nitrogens is 4. The molecule has 1 saturated heterocycles. The van der Waals surface area contributed by atoms with Gasteiger partial charge in [-0.05, 0) is 42.7 Å². The highest BCUT2D eigenvalue weighted by molar-refractivity contribution is 6.30. The first-order chi connectivity index (χ1) is 18.6. The first-order valence-electron chi connectivity index (χ1n) is 13.0. The average molecular weight is 529 g/mol. The van der Waals surface area contributed by atoms with E-state index in [0.29, 0.717) is 28.4 Å². The third kappa shape index (κ3) is 6.66. The van der Waals surface area contributed by atoms with E-state index in [1.165, 1.54) is 0 Å². The Kier molecular flexibility index (Phi) is 9.27. The molecular weight excluding hydrogens is 496 g/mol. The Bertz CT molecular complexity index is 1430. The number of benzene rings is 1. The van der Waals surface area contributed by atoms with E-state index in [4.69, 9.17) is 11.6 Å². The van der Waals surface area contributed by atoms with Gasteiger partial charge in [0.05, 0.1) is 30.2 Å². The molecule has 0 N–H and O–H groups in total. The van der Waals surface area contributed by atoms with Crippen molar-refractivity contribution < 1.29 is 4.79 Å². The third-order valence-corrected chi connectivity index (χ3v) is 6.56. The summed E-state index contributed by atoms with van der Waals surface area (Å²) in [6.45, 7) is 9.60. The lowest BCUT2D eigenvalue weighted by Crippen LogP contribution is -2.41. The molecule has 7 nitrogen and oxygen atoms in total. The van der Waals surface area contributed by atoms with Crippen LogP contribution in [0.3, 0.4) is 0 Å². The van der Waals surface area contributed by atoms with Gasteiger partial charge in [-0.25, -0.2) is 4.99 Å². The summed E-state index contributed by atoms with van der Waals surface area (Å²) in [5.41, 5.74) is 3.94. The molecule has 0 bridgehead atoms. The molecule has 4 heterocycles. The maximum atomic E-state index is 13.4. The van der Waals surface area contributed by atoms with Crippen molar-refractivity contribution in [3.05, 3.63) is 108 Å². The molecule has 1 fully saturated rings. The molecule has 38 heavy (non-hydrogen) atoms. The van der Waals surface area contributed by atoms with E-state index < -0.39 is 0 Å². The van der Waals surface area contributed by atoms with Crippen LogP contribution in [0.15, 0.2) is 97.0 Å². The summed E-state index contributed by atoms with van der Waals surface area (Å²) in [6.07, 6.45) is 9.33. The van der Waals surface area contributed by atoms with Crippen LogP contribution in [-0.4, -0.2) is 42.7 Å². The Morgan fingerprint density at radius 3 is 2.66 bits per heavy atom. The first-order valence-corrected chi connectivity index (χ1v) is 13.3. The molecule has 0 saturated carbocycles. The van der Waals surface area contributed by atoms with Gasteiger partial charge in [-0.3, -0.25) is 14.5 Å². The van der Waals surface area contributed by atoms with E-state index in [2.05, 4.69) is 33.8 Å². The summed E-state index contributed by atoms with van der Waals surface area (Å²) in [7, 11) is 0. The molecule has 4 aromatic rings. The van der Waals surface area contributed by atoms with Gasteiger partial charge in [-0.1, -0.05) is 68.4 Å². The van der Waals surface area contributed by atoms with Crippen LogP contribution < -0.4 is 5.49 Å². The number of carbonyl (C=O) groups is 1. The van der Waals surface area contributed by atoms with Gasteiger partial charge in [-0.15, -0.1) is 0 Å². The highest BCUT2D eigenvalue weighted by Crippen LogP contribution is 2.22. The van der Waals surface area contributed by atoms with Gasteiger partial charge in [0.25, 0.3) is 0 Å². The molecule has 1 unspecified atom stereocenters. The van der Waals surface area contributed by atoms with Gasteiger partial charge in [-0.2, -0.15) is 5.10 Å². The molecule has 1 amide bonds. The number of hydrogen-bond acceptors (Lipinski definition) is 4. The number of rotatable bonds is 7. The van der Waals surface area contributed by atoms with Crippen LogP contribution in [0.2, 0.25) is 5.02 Å². The molecule has 0 spiro atoms. The number of likely N-dealkylation sites (tertiary alicyclic amines) is 1. The second-order valence-electron chi connectivity index (χ2n) is 8.80. The van der Waals surface area contributed by atoms with Crippen molar-refractivity contribution in [3.63, 3.8) is 0 Å². The number of amides is 1. The SMILES string of the molecule is C=C(N=c1cc(Cl)ccn1CC(=O)N1CCCC1Cn1cc(-c2ccccc2)cn1)c1ccccn1.CC. The van der Waals surface area contributed by atoms with Crippen LogP contribution in [-0.2, 0) is 17.9 Å². The van der Waals surface area contributed by atoms with Gasteiger partial charge in [0.2, 0.25) is 5.91 Å². The van der Waals surface area contributed by atoms with Crippen molar-refractivity contribution in [2.45, 2.75) is 45.8 Å². The molecule has 8 heteroatoms. The average Bonchev–Trinajstić information content (AvgIpc) is 3.62. The fourth-order valence-corrected chi connectivity index (χ4v) is 4.65. The van der Waals surface area contributed by atoms with Crippen LogP contribution in [0.1, 0.15) is 32.4 Å². The van der Waals surface area contributed by atoms with Crippen molar-refractivity contribution in [2.75, 3.05) is 6.54 Å². The standard InChI is InChI=1S/C28H27ClN6O.C2H6/c1-21(26-11-5-6-13-30-26)32-27-16-24(29)12-15-33(27)20-28(36)35-14-7-10-25(35)19-34-18-23(17-31-34)22-8-3-2-4-9-22;1-2/h2-6,8-9,11-13,15-18,25H,1,7,10,14,19-20H2;1-2H3. The maximum absolute atomic E-state index is 13.4. The lowest BCUT2D eigenvalue weighted by molar-refractivity contribution is -0.133. The minimum absolute atomic E-state index is 0.0418. The van der Waals surface area contributed by atoms with E-state index in [9.17, 15) is 4.79 Å². The van der Waals surface area contributed by atoms with E-state index >= 15 is 0 Å². The Morgan fingerprint density at radius 1 is 1.11 bits per heavy atom. The zero-order valence-electron chi connectivity index (χ0n) is 21.9. The molecule has 5 rings (SSSR count). The van der Waals surface area contributed by atoms with Crippen LogP contribution in [0, 0.1) is 0 Å². The second-order valence-corrected chi connectivity index (χ2v) is 9.24. The molecular formula is C30H33ClN6O. The predicted octanol–water partition coefficient (Wildman–Crippen LogP) is 5.69.